The monoisotopic (exact) mass is 234 g/mol. The van der Waals surface area contributed by atoms with Crippen molar-refractivity contribution in [1.82, 2.24) is 0 Å². The largest absolute Gasteiger partial charge is 0.399 e. The number of rotatable bonds is 6. The summed E-state index contributed by atoms with van der Waals surface area (Å²) in [6.07, 6.45) is 3.79. The third-order valence-corrected chi connectivity index (χ3v) is 3.73. The van der Waals surface area contributed by atoms with Crippen LogP contribution in [0.25, 0.3) is 0 Å². The Balaban J connectivity index is 1.87. The maximum absolute atomic E-state index is 5.80. The maximum atomic E-state index is 5.80. The average molecular weight is 234 g/mol. The summed E-state index contributed by atoms with van der Waals surface area (Å²) < 4.78 is 5.16. The van der Waals surface area contributed by atoms with Crippen LogP contribution in [0.3, 0.4) is 0 Å². The molecule has 3 nitrogen and oxygen atoms in total. The summed E-state index contributed by atoms with van der Waals surface area (Å²) in [7, 11) is 1.77. The van der Waals surface area contributed by atoms with Crippen LogP contribution < -0.4 is 11.1 Å². The Hall–Kier alpha value is -1.22. The first-order chi connectivity index (χ1) is 8.15. The lowest BCUT2D eigenvalue weighted by molar-refractivity contribution is 0.175. The van der Waals surface area contributed by atoms with E-state index in [9.17, 15) is 0 Å². The quantitative estimate of drug-likeness (QED) is 0.744. The minimum Gasteiger partial charge on any atom is -0.399 e. The highest BCUT2D eigenvalue weighted by Gasteiger charge is 2.41. The van der Waals surface area contributed by atoms with E-state index in [4.69, 9.17) is 10.5 Å². The Bertz CT molecular complexity index is 386. The molecule has 94 valence electrons. The molecule has 2 rings (SSSR count). The van der Waals surface area contributed by atoms with E-state index in [1.54, 1.807) is 7.11 Å². The number of hydrogen-bond acceptors (Lipinski definition) is 3. The first kappa shape index (κ1) is 12.2. The summed E-state index contributed by atoms with van der Waals surface area (Å²) in [6.45, 7) is 3.94. The zero-order chi connectivity index (χ0) is 12.3. The molecule has 17 heavy (non-hydrogen) atoms. The van der Waals surface area contributed by atoms with Crippen molar-refractivity contribution < 1.29 is 4.74 Å². The number of nitrogens with one attached hydrogen (secondary N) is 1. The molecular weight excluding hydrogens is 212 g/mol. The zero-order valence-electron chi connectivity index (χ0n) is 10.8. The number of hydrogen-bond donors (Lipinski definition) is 2. The van der Waals surface area contributed by atoms with Crippen molar-refractivity contribution in [3.63, 3.8) is 0 Å². The summed E-state index contributed by atoms with van der Waals surface area (Å²) in [5.41, 5.74) is 9.44. The predicted octanol–water partition coefficient (Wildman–Crippen LogP) is 2.81. The van der Waals surface area contributed by atoms with Crippen molar-refractivity contribution in [2.45, 2.75) is 26.2 Å². The highest BCUT2D eigenvalue weighted by molar-refractivity contribution is 5.56. The van der Waals surface area contributed by atoms with E-state index < -0.39 is 0 Å². The van der Waals surface area contributed by atoms with Gasteiger partial charge in [-0.2, -0.15) is 0 Å². The molecule has 0 saturated heterocycles. The van der Waals surface area contributed by atoms with Gasteiger partial charge in [-0.3, -0.25) is 0 Å². The van der Waals surface area contributed by atoms with Crippen LogP contribution in [0.15, 0.2) is 18.2 Å². The second-order valence-corrected chi connectivity index (χ2v) is 5.17. The lowest BCUT2D eigenvalue weighted by atomic mass is 10.0. The molecule has 0 amide bonds. The van der Waals surface area contributed by atoms with Gasteiger partial charge in [0.15, 0.2) is 0 Å². The molecule has 1 aromatic rings. The fourth-order valence-corrected chi connectivity index (χ4v) is 2.09. The van der Waals surface area contributed by atoms with E-state index in [0.29, 0.717) is 5.41 Å². The van der Waals surface area contributed by atoms with E-state index in [2.05, 4.69) is 17.4 Å². The molecule has 3 heteroatoms. The number of benzene rings is 1. The zero-order valence-corrected chi connectivity index (χ0v) is 10.8. The van der Waals surface area contributed by atoms with Crippen LogP contribution in [-0.4, -0.2) is 20.3 Å². The van der Waals surface area contributed by atoms with Crippen LogP contribution in [0.5, 0.6) is 0 Å². The maximum Gasteiger partial charge on any atom is 0.0468 e. The Labute approximate surface area is 103 Å². The van der Waals surface area contributed by atoms with E-state index in [-0.39, 0.29) is 0 Å². The van der Waals surface area contributed by atoms with Crippen molar-refractivity contribution >= 4 is 11.4 Å². The van der Waals surface area contributed by atoms with Crippen molar-refractivity contribution in [2.24, 2.45) is 5.41 Å². The predicted molar refractivity (Wildman–Crippen MR) is 72.2 cm³/mol. The molecule has 1 aliphatic carbocycles. The third kappa shape index (κ3) is 3.13. The van der Waals surface area contributed by atoms with E-state index in [0.717, 1.165) is 30.8 Å². The minimum atomic E-state index is 0.477. The molecule has 1 aromatic carbocycles. The molecule has 0 radical (unpaired) electrons. The van der Waals surface area contributed by atoms with Crippen molar-refractivity contribution in [3.05, 3.63) is 23.8 Å². The molecule has 1 aliphatic rings. The average Bonchev–Trinajstić information content (AvgIpc) is 3.09. The molecule has 1 fully saturated rings. The van der Waals surface area contributed by atoms with Gasteiger partial charge < -0.3 is 15.8 Å². The normalized spacial score (nSPS) is 16.8. The van der Waals surface area contributed by atoms with E-state index >= 15 is 0 Å². The summed E-state index contributed by atoms with van der Waals surface area (Å²) in [5.74, 6) is 0. The SMILES string of the molecule is COCCC1(CNc2ccc(N)c(C)c2)CC1. The van der Waals surface area contributed by atoms with Crippen LogP contribution in [0.1, 0.15) is 24.8 Å². The molecule has 0 spiro atoms. The third-order valence-electron chi connectivity index (χ3n) is 3.73. The number of ether oxygens (including phenoxy) is 1. The van der Waals surface area contributed by atoms with Gasteiger partial charge in [0, 0.05) is 31.6 Å². The fraction of sp³-hybridized carbons (Fsp3) is 0.571. The van der Waals surface area contributed by atoms with Gasteiger partial charge in [-0.15, -0.1) is 0 Å². The first-order valence-electron chi connectivity index (χ1n) is 6.24. The molecule has 3 N–H and O–H groups in total. The second-order valence-electron chi connectivity index (χ2n) is 5.17. The number of nitrogens with two attached hydrogens (primary N) is 1. The van der Waals surface area contributed by atoms with E-state index in [1.807, 2.05) is 13.0 Å². The van der Waals surface area contributed by atoms with Crippen LogP contribution in [-0.2, 0) is 4.74 Å². The molecular formula is C14H22N2O. The molecule has 0 unspecified atom stereocenters. The Morgan fingerprint density at radius 3 is 2.76 bits per heavy atom. The topological polar surface area (TPSA) is 47.3 Å². The van der Waals surface area contributed by atoms with Gasteiger partial charge in [0.25, 0.3) is 0 Å². The lowest BCUT2D eigenvalue weighted by Gasteiger charge is -2.17. The van der Waals surface area contributed by atoms with Gasteiger partial charge in [0.1, 0.15) is 0 Å². The van der Waals surface area contributed by atoms with Crippen LogP contribution in [0.4, 0.5) is 11.4 Å². The van der Waals surface area contributed by atoms with Crippen molar-refractivity contribution in [3.8, 4) is 0 Å². The van der Waals surface area contributed by atoms with Gasteiger partial charge in [-0.05, 0) is 55.4 Å². The molecule has 0 atom stereocenters. The standard InChI is InChI=1S/C14H22N2O/c1-11-9-12(3-4-13(11)15)16-10-14(5-6-14)7-8-17-2/h3-4,9,16H,5-8,10,15H2,1-2H3. The summed E-state index contributed by atoms with van der Waals surface area (Å²) in [6, 6.07) is 6.13. The molecule has 0 heterocycles. The fourth-order valence-electron chi connectivity index (χ4n) is 2.09. The molecule has 0 bridgehead atoms. The van der Waals surface area contributed by atoms with Gasteiger partial charge in [0.05, 0.1) is 0 Å². The van der Waals surface area contributed by atoms with Gasteiger partial charge in [-0.1, -0.05) is 0 Å². The summed E-state index contributed by atoms with van der Waals surface area (Å²) in [5, 5.41) is 3.51. The number of methoxy groups -OCH3 is 1. The first-order valence-corrected chi connectivity index (χ1v) is 6.24. The highest BCUT2D eigenvalue weighted by atomic mass is 16.5. The number of aryl methyl sites for hydroxylation is 1. The van der Waals surface area contributed by atoms with Crippen LogP contribution in [0.2, 0.25) is 0 Å². The smallest absolute Gasteiger partial charge is 0.0468 e. The Morgan fingerprint density at radius 1 is 1.41 bits per heavy atom. The van der Waals surface area contributed by atoms with Crippen LogP contribution in [0, 0.1) is 12.3 Å². The van der Waals surface area contributed by atoms with Crippen molar-refractivity contribution in [2.75, 3.05) is 31.3 Å². The number of nitrogen functional groups attached to an aromatic ring is 1. The lowest BCUT2D eigenvalue weighted by Crippen LogP contribution is -2.17. The highest BCUT2D eigenvalue weighted by Crippen LogP contribution is 2.48. The van der Waals surface area contributed by atoms with Crippen LogP contribution >= 0.6 is 0 Å². The molecule has 0 aromatic heterocycles. The van der Waals surface area contributed by atoms with Crippen molar-refractivity contribution in [1.29, 1.82) is 0 Å². The number of anilines is 2. The molecule has 1 saturated carbocycles. The molecule has 0 aliphatic heterocycles. The van der Waals surface area contributed by atoms with E-state index in [1.165, 1.54) is 18.5 Å². The minimum absolute atomic E-state index is 0.477. The summed E-state index contributed by atoms with van der Waals surface area (Å²) >= 11 is 0. The van der Waals surface area contributed by atoms with Gasteiger partial charge in [0.2, 0.25) is 0 Å². The summed E-state index contributed by atoms with van der Waals surface area (Å²) in [4.78, 5) is 0. The van der Waals surface area contributed by atoms with Gasteiger partial charge in [-0.25, -0.2) is 0 Å². The van der Waals surface area contributed by atoms with Gasteiger partial charge >= 0.3 is 0 Å². The second kappa shape index (κ2) is 4.96. The Kier molecular flexibility index (Phi) is 3.57. The Morgan fingerprint density at radius 2 is 2.18 bits per heavy atom.